The summed E-state index contributed by atoms with van der Waals surface area (Å²) in [6, 6.07) is 21.2. The zero-order chi connectivity index (χ0) is 18.2. The Bertz CT molecular complexity index is 875. The predicted octanol–water partition coefficient (Wildman–Crippen LogP) is 4.30. The van der Waals surface area contributed by atoms with E-state index in [1.807, 2.05) is 73.7 Å². The summed E-state index contributed by atoms with van der Waals surface area (Å²) in [6.07, 6.45) is 0. The molecule has 0 bridgehead atoms. The Kier molecular flexibility index (Phi) is 6.22. The first-order valence-corrected chi connectivity index (χ1v) is 9.28. The molecular weight excluding hydrogens is 344 g/mol. The van der Waals surface area contributed by atoms with E-state index in [4.69, 9.17) is 0 Å². The Labute approximate surface area is 156 Å². The number of hydrogen-bond acceptors (Lipinski definition) is 4. The first kappa shape index (κ1) is 17.9. The van der Waals surface area contributed by atoms with Crippen LogP contribution >= 0.6 is 11.8 Å². The number of carbonyl (C=O) groups excluding carboxylic acids is 1. The molecule has 0 aliphatic heterocycles. The van der Waals surface area contributed by atoms with Crippen LogP contribution in [0.5, 0.6) is 0 Å². The van der Waals surface area contributed by atoms with Crippen LogP contribution in [-0.4, -0.2) is 26.9 Å². The van der Waals surface area contributed by atoms with Crippen LogP contribution in [0.15, 0.2) is 71.7 Å². The van der Waals surface area contributed by atoms with Crippen LogP contribution in [0.1, 0.15) is 21.6 Å². The van der Waals surface area contributed by atoms with Gasteiger partial charge in [-0.1, -0.05) is 72.4 Å². The summed E-state index contributed by atoms with van der Waals surface area (Å²) < 4.78 is 0. The van der Waals surface area contributed by atoms with Crippen LogP contribution in [0.2, 0.25) is 0 Å². The lowest BCUT2D eigenvalue weighted by atomic mass is 10.2. The van der Waals surface area contributed by atoms with E-state index in [9.17, 15) is 4.79 Å². The number of nitrogens with one attached hydrogen (secondary N) is 2. The number of H-pyrrole nitrogens is 1. The minimum Gasteiger partial charge on any atom is -0.318 e. The third-order valence-corrected chi connectivity index (χ3v) is 4.54. The summed E-state index contributed by atoms with van der Waals surface area (Å²) in [5.41, 5.74) is 2.78. The standard InChI is InChI=1S/C20H20N4OS/c1-15-12-19(24-23-15)22-20(21-13-16-8-4-2-5-9-16)26-14-18(25)17-10-6-3-7-11-17/h2-12H,13-14H2,1H3,(H2,21,22,23,24). The maximum absolute atomic E-state index is 12.4. The summed E-state index contributed by atoms with van der Waals surface area (Å²) in [5, 5.41) is 10.9. The fourth-order valence-corrected chi connectivity index (χ4v) is 3.07. The molecule has 0 radical (unpaired) electrons. The van der Waals surface area contributed by atoms with Gasteiger partial charge in [0.1, 0.15) is 0 Å². The zero-order valence-corrected chi connectivity index (χ0v) is 15.3. The number of thioether (sulfide) groups is 1. The molecular formula is C20H20N4OS. The van der Waals surface area contributed by atoms with Crippen molar-refractivity contribution in [3.8, 4) is 0 Å². The Balaban J connectivity index is 1.68. The third kappa shape index (κ3) is 5.32. The number of aryl methyl sites for hydroxylation is 1. The molecule has 5 nitrogen and oxygen atoms in total. The van der Waals surface area contributed by atoms with Gasteiger partial charge in [0.2, 0.25) is 0 Å². The van der Waals surface area contributed by atoms with Gasteiger partial charge in [0.05, 0.1) is 12.3 Å². The van der Waals surface area contributed by atoms with Crippen molar-refractivity contribution in [2.75, 3.05) is 11.1 Å². The molecule has 2 N–H and O–H groups in total. The van der Waals surface area contributed by atoms with Crippen molar-refractivity contribution >= 4 is 28.5 Å². The second kappa shape index (κ2) is 9.01. The minimum absolute atomic E-state index is 0.0722. The SMILES string of the molecule is Cc1cc(NC(=NCc2ccccc2)SCC(=O)c2ccccc2)n[nH]1. The number of ketones is 1. The predicted molar refractivity (Wildman–Crippen MR) is 108 cm³/mol. The number of carbonyl (C=O) groups is 1. The highest BCUT2D eigenvalue weighted by atomic mass is 32.2. The van der Waals surface area contributed by atoms with Crippen LogP contribution in [0, 0.1) is 6.92 Å². The normalized spacial score (nSPS) is 11.3. The number of amidine groups is 1. The van der Waals surface area contributed by atoms with Crippen molar-refractivity contribution in [3.05, 3.63) is 83.6 Å². The van der Waals surface area contributed by atoms with E-state index in [0.29, 0.717) is 28.8 Å². The average Bonchev–Trinajstić information content (AvgIpc) is 3.10. The number of aromatic nitrogens is 2. The Morgan fingerprint density at radius 1 is 1.12 bits per heavy atom. The summed E-state index contributed by atoms with van der Waals surface area (Å²) in [7, 11) is 0. The summed E-state index contributed by atoms with van der Waals surface area (Å²) in [5.74, 6) is 1.07. The lowest BCUT2D eigenvalue weighted by Gasteiger charge is -2.07. The van der Waals surface area contributed by atoms with Gasteiger partial charge < -0.3 is 5.32 Å². The second-order valence-corrected chi connectivity index (χ2v) is 6.71. The molecule has 0 spiro atoms. The van der Waals surface area contributed by atoms with E-state index in [-0.39, 0.29) is 5.78 Å². The summed E-state index contributed by atoms with van der Waals surface area (Å²) in [4.78, 5) is 17.0. The van der Waals surface area contributed by atoms with Gasteiger partial charge in [0, 0.05) is 17.3 Å². The fraction of sp³-hybridized carbons (Fsp3) is 0.150. The largest absolute Gasteiger partial charge is 0.318 e. The Morgan fingerprint density at radius 2 is 1.81 bits per heavy atom. The van der Waals surface area contributed by atoms with E-state index in [1.165, 1.54) is 11.8 Å². The molecule has 2 aromatic carbocycles. The number of aromatic amines is 1. The maximum Gasteiger partial charge on any atom is 0.173 e. The van der Waals surface area contributed by atoms with Gasteiger partial charge in [-0.25, -0.2) is 0 Å². The molecule has 6 heteroatoms. The molecule has 3 rings (SSSR count). The van der Waals surface area contributed by atoms with Crippen LogP contribution in [0.3, 0.4) is 0 Å². The van der Waals surface area contributed by atoms with E-state index in [0.717, 1.165) is 11.3 Å². The van der Waals surface area contributed by atoms with Gasteiger partial charge in [0.15, 0.2) is 16.8 Å². The van der Waals surface area contributed by atoms with Gasteiger partial charge >= 0.3 is 0 Å². The van der Waals surface area contributed by atoms with Crippen molar-refractivity contribution in [2.45, 2.75) is 13.5 Å². The van der Waals surface area contributed by atoms with Gasteiger partial charge in [-0.3, -0.25) is 14.9 Å². The molecule has 0 amide bonds. The molecule has 3 aromatic rings. The van der Waals surface area contributed by atoms with Crippen LogP contribution in [0.4, 0.5) is 5.82 Å². The van der Waals surface area contributed by atoms with E-state index in [2.05, 4.69) is 20.5 Å². The van der Waals surface area contributed by atoms with Crippen LogP contribution in [0.25, 0.3) is 0 Å². The van der Waals surface area contributed by atoms with E-state index < -0.39 is 0 Å². The lowest BCUT2D eigenvalue weighted by molar-refractivity contribution is 0.102. The van der Waals surface area contributed by atoms with Crippen LogP contribution in [-0.2, 0) is 6.54 Å². The number of nitrogens with zero attached hydrogens (tertiary/aromatic N) is 2. The first-order valence-electron chi connectivity index (χ1n) is 8.29. The quantitative estimate of drug-likeness (QED) is 0.389. The molecule has 0 unspecified atom stereocenters. The van der Waals surface area contributed by atoms with Crippen molar-refractivity contribution in [3.63, 3.8) is 0 Å². The molecule has 0 saturated carbocycles. The summed E-state index contributed by atoms with van der Waals surface area (Å²) >= 11 is 1.38. The van der Waals surface area contributed by atoms with Gasteiger partial charge in [-0.05, 0) is 12.5 Å². The van der Waals surface area contributed by atoms with Gasteiger partial charge in [-0.2, -0.15) is 5.10 Å². The van der Waals surface area contributed by atoms with Crippen molar-refractivity contribution < 1.29 is 4.79 Å². The minimum atomic E-state index is 0.0722. The molecule has 1 aromatic heterocycles. The monoisotopic (exact) mass is 364 g/mol. The topological polar surface area (TPSA) is 70.1 Å². The molecule has 0 fully saturated rings. The summed E-state index contributed by atoms with van der Waals surface area (Å²) in [6.45, 7) is 2.48. The molecule has 132 valence electrons. The number of Topliss-reactive ketones (excluding diaryl/α,β-unsaturated/α-hetero) is 1. The number of rotatable bonds is 6. The highest BCUT2D eigenvalue weighted by Crippen LogP contribution is 2.14. The Morgan fingerprint density at radius 3 is 2.46 bits per heavy atom. The van der Waals surface area contributed by atoms with Crippen molar-refractivity contribution in [1.29, 1.82) is 0 Å². The maximum atomic E-state index is 12.4. The third-order valence-electron chi connectivity index (χ3n) is 3.62. The molecule has 0 saturated heterocycles. The Hall–Kier alpha value is -2.86. The van der Waals surface area contributed by atoms with Crippen molar-refractivity contribution in [1.82, 2.24) is 10.2 Å². The number of benzene rings is 2. The highest BCUT2D eigenvalue weighted by molar-refractivity contribution is 8.14. The molecule has 26 heavy (non-hydrogen) atoms. The van der Waals surface area contributed by atoms with Crippen molar-refractivity contribution in [2.24, 2.45) is 4.99 Å². The smallest absolute Gasteiger partial charge is 0.173 e. The fourth-order valence-electron chi connectivity index (χ4n) is 2.30. The highest BCUT2D eigenvalue weighted by Gasteiger charge is 2.10. The van der Waals surface area contributed by atoms with Crippen LogP contribution < -0.4 is 5.32 Å². The molecule has 0 aliphatic carbocycles. The second-order valence-electron chi connectivity index (χ2n) is 5.75. The van der Waals surface area contributed by atoms with E-state index >= 15 is 0 Å². The molecule has 0 atom stereocenters. The van der Waals surface area contributed by atoms with Gasteiger partial charge in [0.25, 0.3) is 0 Å². The average molecular weight is 364 g/mol. The molecule has 1 heterocycles. The number of aliphatic imine (C=N–C) groups is 1. The van der Waals surface area contributed by atoms with E-state index in [1.54, 1.807) is 0 Å². The zero-order valence-electron chi connectivity index (χ0n) is 14.5. The lowest BCUT2D eigenvalue weighted by Crippen LogP contribution is -2.13. The molecule has 0 aliphatic rings. The number of hydrogen-bond donors (Lipinski definition) is 2. The number of anilines is 1. The van der Waals surface area contributed by atoms with Gasteiger partial charge in [-0.15, -0.1) is 0 Å². The first-order chi connectivity index (χ1) is 12.7.